The minimum absolute atomic E-state index is 0. The van der Waals surface area contributed by atoms with Crippen LogP contribution in [0.15, 0.2) is 23.1 Å². The van der Waals surface area contributed by atoms with E-state index >= 15 is 0 Å². The molecule has 0 aromatic heterocycles. The van der Waals surface area contributed by atoms with Crippen molar-refractivity contribution in [3.05, 3.63) is 33.9 Å². The van der Waals surface area contributed by atoms with Crippen LogP contribution in [0.4, 0.5) is 5.69 Å². The summed E-state index contributed by atoms with van der Waals surface area (Å²) in [5, 5.41) is 10.7. The average Bonchev–Trinajstić information content (AvgIpc) is 2.16. The van der Waals surface area contributed by atoms with Crippen LogP contribution in [0.5, 0.6) is 0 Å². The van der Waals surface area contributed by atoms with Crippen molar-refractivity contribution in [2.24, 2.45) is 5.73 Å². The van der Waals surface area contributed by atoms with Gasteiger partial charge in [-0.1, -0.05) is 6.07 Å². The Labute approximate surface area is 120 Å². The fourth-order valence-corrected chi connectivity index (χ4v) is 1.74. The number of hydrogen-bond donors (Lipinski definition) is 2. The fraction of sp³-hybridized carbons (Fsp3) is 0.250. The van der Waals surface area contributed by atoms with Gasteiger partial charge in [-0.05, 0) is 19.0 Å². The second-order valence-corrected chi connectivity index (χ2v) is 4.48. The molecular weight excluding hydrogens is 259 g/mol. The molecule has 1 aromatic carbocycles. The van der Waals surface area contributed by atoms with E-state index < -0.39 is 19.9 Å². The van der Waals surface area contributed by atoms with Crippen LogP contribution in [0.25, 0.3) is 0 Å². The van der Waals surface area contributed by atoms with E-state index in [2.05, 4.69) is 0 Å². The molecule has 0 aliphatic heterocycles. The zero-order valence-corrected chi connectivity index (χ0v) is 12.0. The van der Waals surface area contributed by atoms with Gasteiger partial charge in [-0.25, -0.2) is 0 Å². The molecule has 0 aliphatic rings. The summed E-state index contributed by atoms with van der Waals surface area (Å²) in [5.74, 6) is 0. The summed E-state index contributed by atoms with van der Waals surface area (Å²) >= 11 is 0. The Balaban J connectivity index is 0.00000256. The van der Waals surface area contributed by atoms with E-state index in [0.717, 1.165) is 12.1 Å². The van der Waals surface area contributed by atoms with Crippen molar-refractivity contribution in [2.75, 3.05) is 6.54 Å². The Morgan fingerprint density at radius 2 is 2.00 bits per heavy atom. The summed E-state index contributed by atoms with van der Waals surface area (Å²) in [6.45, 7) is 0.214. The van der Waals surface area contributed by atoms with Crippen molar-refractivity contribution in [3.63, 3.8) is 0 Å². The SMILES string of the molecule is NCCc1ccc(S(=O)(=O)O)cc1[N+](=O)[O-].[Na+]. The minimum atomic E-state index is -4.43. The summed E-state index contributed by atoms with van der Waals surface area (Å²) in [5.41, 5.74) is 5.24. The van der Waals surface area contributed by atoms with Crippen LogP contribution in [-0.2, 0) is 16.5 Å². The number of hydrogen-bond acceptors (Lipinski definition) is 5. The first-order valence-electron chi connectivity index (χ1n) is 4.31. The molecule has 1 rings (SSSR count). The molecule has 0 heterocycles. The van der Waals surface area contributed by atoms with Crippen molar-refractivity contribution in [3.8, 4) is 0 Å². The van der Waals surface area contributed by atoms with E-state index in [4.69, 9.17) is 10.3 Å². The van der Waals surface area contributed by atoms with Crippen molar-refractivity contribution in [1.82, 2.24) is 0 Å². The van der Waals surface area contributed by atoms with Gasteiger partial charge in [0.05, 0.1) is 4.92 Å². The molecule has 9 heteroatoms. The number of nitrogens with two attached hydrogens (primary N) is 1. The molecule has 88 valence electrons. The molecule has 0 spiro atoms. The number of rotatable bonds is 4. The molecule has 0 radical (unpaired) electrons. The Bertz CT molecular complexity index is 517. The Morgan fingerprint density at radius 1 is 1.41 bits per heavy atom. The van der Waals surface area contributed by atoms with Crippen LogP contribution in [-0.4, -0.2) is 24.4 Å². The standard InChI is InChI=1S/C8H10N2O5S.Na/c9-4-3-6-1-2-7(16(13,14)15)5-8(6)10(11)12;/h1-2,5H,3-4,9H2,(H,13,14,15);/q;+1. The van der Waals surface area contributed by atoms with Crippen LogP contribution in [0.3, 0.4) is 0 Å². The third-order valence-corrected chi connectivity index (χ3v) is 2.81. The zero-order valence-electron chi connectivity index (χ0n) is 9.16. The Morgan fingerprint density at radius 3 is 2.41 bits per heavy atom. The summed E-state index contributed by atoms with van der Waals surface area (Å²) in [4.78, 5) is 9.46. The maximum absolute atomic E-state index is 10.8. The Kier molecular flexibility index (Phi) is 6.24. The number of nitro groups is 1. The smallest absolute Gasteiger partial charge is 0.330 e. The molecule has 0 atom stereocenters. The van der Waals surface area contributed by atoms with E-state index in [0.29, 0.717) is 5.56 Å². The Hall–Kier alpha value is -0.510. The molecule has 17 heavy (non-hydrogen) atoms. The predicted octanol–water partition coefficient (Wildman–Crippen LogP) is -2.65. The molecule has 0 unspecified atom stereocenters. The molecular formula is C8H10N2NaO5S+. The van der Waals surface area contributed by atoms with E-state index in [9.17, 15) is 18.5 Å². The van der Waals surface area contributed by atoms with E-state index in [1.165, 1.54) is 6.07 Å². The van der Waals surface area contributed by atoms with Crippen LogP contribution in [0.1, 0.15) is 5.56 Å². The van der Waals surface area contributed by atoms with Gasteiger partial charge in [-0.3, -0.25) is 14.7 Å². The van der Waals surface area contributed by atoms with Gasteiger partial charge in [0.15, 0.2) is 0 Å². The number of nitrogens with zero attached hydrogens (tertiary/aromatic N) is 1. The molecule has 0 fully saturated rings. The van der Waals surface area contributed by atoms with Gasteiger partial charge in [-0.2, -0.15) is 8.42 Å². The second-order valence-electron chi connectivity index (χ2n) is 3.06. The molecule has 7 nitrogen and oxygen atoms in total. The average molecular weight is 269 g/mol. The van der Waals surface area contributed by atoms with Crippen molar-refractivity contribution in [2.45, 2.75) is 11.3 Å². The van der Waals surface area contributed by atoms with Crippen LogP contribution in [0, 0.1) is 10.1 Å². The van der Waals surface area contributed by atoms with Gasteiger partial charge in [-0.15, -0.1) is 0 Å². The van der Waals surface area contributed by atoms with E-state index in [1.54, 1.807) is 0 Å². The van der Waals surface area contributed by atoms with E-state index in [-0.39, 0.29) is 48.2 Å². The molecule has 0 saturated heterocycles. The van der Waals surface area contributed by atoms with Crippen LogP contribution in [0.2, 0.25) is 0 Å². The molecule has 0 aliphatic carbocycles. The summed E-state index contributed by atoms with van der Waals surface area (Å²) in [6.07, 6.45) is 0.266. The first-order chi connectivity index (χ1) is 7.36. The van der Waals surface area contributed by atoms with E-state index in [1.807, 2.05) is 0 Å². The van der Waals surface area contributed by atoms with Crippen molar-refractivity contribution < 1.29 is 47.5 Å². The number of benzene rings is 1. The maximum atomic E-state index is 10.8. The summed E-state index contributed by atoms with van der Waals surface area (Å²) in [7, 11) is -4.43. The first kappa shape index (κ1) is 16.5. The van der Waals surface area contributed by atoms with Crippen molar-refractivity contribution in [1.29, 1.82) is 0 Å². The zero-order chi connectivity index (χ0) is 12.3. The van der Waals surface area contributed by atoms with Gasteiger partial charge >= 0.3 is 29.6 Å². The molecule has 0 amide bonds. The normalized spacial score (nSPS) is 10.7. The summed E-state index contributed by atoms with van der Waals surface area (Å²) < 4.78 is 30.3. The van der Waals surface area contributed by atoms with Gasteiger partial charge in [0.1, 0.15) is 4.90 Å². The van der Waals surface area contributed by atoms with Gasteiger partial charge in [0, 0.05) is 11.6 Å². The van der Waals surface area contributed by atoms with Gasteiger partial charge in [0.25, 0.3) is 15.8 Å². The molecule has 1 aromatic rings. The third kappa shape index (κ3) is 4.34. The van der Waals surface area contributed by atoms with Gasteiger partial charge in [0.2, 0.25) is 0 Å². The fourth-order valence-electron chi connectivity index (χ4n) is 1.24. The van der Waals surface area contributed by atoms with Crippen LogP contribution < -0.4 is 35.3 Å². The molecule has 0 saturated carbocycles. The largest absolute Gasteiger partial charge is 1.00 e. The molecule has 0 bridgehead atoms. The quantitative estimate of drug-likeness (QED) is 0.266. The topological polar surface area (TPSA) is 124 Å². The first-order valence-corrected chi connectivity index (χ1v) is 5.75. The van der Waals surface area contributed by atoms with Crippen molar-refractivity contribution >= 4 is 15.8 Å². The maximum Gasteiger partial charge on any atom is 1.00 e. The van der Waals surface area contributed by atoms with Crippen LogP contribution >= 0.6 is 0 Å². The minimum Gasteiger partial charge on any atom is -0.330 e. The predicted molar refractivity (Wildman–Crippen MR) is 55.7 cm³/mol. The second kappa shape index (κ2) is 6.43. The summed E-state index contributed by atoms with van der Waals surface area (Å²) in [6, 6.07) is 3.20. The van der Waals surface area contributed by atoms with Gasteiger partial charge < -0.3 is 5.73 Å². The monoisotopic (exact) mass is 269 g/mol. The number of nitro benzene ring substituents is 1. The third-order valence-electron chi connectivity index (χ3n) is 1.96. The molecule has 3 N–H and O–H groups in total.